The molecule has 0 bridgehead atoms. The topological polar surface area (TPSA) is 56.0 Å². The second-order valence-electron chi connectivity index (χ2n) is 5.13. The SMILES string of the molecule is CCC[C@@H](CC(C)(C)S(N)=O)c1cccc(Br)n1. The van der Waals surface area contributed by atoms with Gasteiger partial charge in [0.25, 0.3) is 0 Å². The van der Waals surface area contributed by atoms with Crippen molar-refractivity contribution in [3.8, 4) is 0 Å². The van der Waals surface area contributed by atoms with E-state index in [1.54, 1.807) is 0 Å². The standard InChI is InChI=1S/C13H21BrN2OS/c1-4-6-10(9-13(2,3)18(15)17)11-7-5-8-12(14)16-11/h5,7-8,10H,4,6,9,15H2,1-3H3/t10-,18?/m0/s1. The van der Waals surface area contributed by atoms with Crippen LogP contribution in [-0.2, 0) is 11.0 Å². The Morgan fingerprint density at radius 3 is 2.67 bits per heavy atom. The summed E-state index contributed by atoms with van der Waals surface area (Å²) in [4.78, 5) is 4.51. The summed E-state index contributed by atoms with van der Waals surface area (Å²) in [5, 5.41) is 5.57. The van der Waals surface area contributed by atoms with Gasteiger partial charge in [-0.2, -0.15) is 0 Å². The Balaban J connectivity index is 2.93. The molecule has 18 heavy (non-hydrogen) atoms. The van der Waals surface area contributed by atoms with Crippen molar-refractivity contribution >= 4 is 26.9 Å². The van der Waals surface area contributed by atoms with Crippen molar-refractivity contribution < 1.29 is 4.21 Å². The van der Waals surface area contributed by atoms with Crippen molar-refractivity contribution in [1.29, 1.82) is 0 Å². The van der Waals surface area contributed by atoms with Gasteiger partial charge in [-0.15, -0.1) is 0 Å². The molecule has 3 nitrogen and oxygen atoms in total. The van der Waals surface area contributed by atoms with E-state index in [2.05, 4.69) is 27.8 Å². The maximum Gasteiger partial charge on any atom is 0.106 e. The Labute approximate surface area is 120 Å². The van der Waals surface area contributed by atoms with Gasteiger partial charge in [0.2, 0.25) is 0 Å². The number of rotatable bonds is 6. The predicted octanol–water partition coefficient (Wildman–Crippen LogP) is 3.52. The van der Waals surface area contributed by atoms with Crippen LogP contribution in [0.2, 0.25) is 0 Å². The minimum atomic E-state index is -1.32. The lowest BCUT2D eigenvalue weighted by Gasteiger charge is -2.27. The highest BCUT2D eigenvalue weighted by Gasteiger charge is 2.28. The van der Waals surface area contributed by atoms with Crippen molar-refractivity contribution in [3.63, 3.8) is 0 Å². The smallest absolute Gasteiger partial charge is 0.106 e. The summed E-state index contributed by atoms with van der Waals surface area (Å²) >= 11 is 3.39. The van der Waals surface area contributed by atoms with Crippen LogP contribution in [0.25, 0.3) is 0 Å². The third-order valence-corrected chi connectivity index (χ3v) is 4.77. The Bertz CT molecular complexity index is 423. The van der Waals surface area contributed by atoms with Crippen LogP contribution in [0.3, 0.4) is 0 Å². The van der Waals surface area contributed by atoms with Gasteiger partial charge >= 0.3 is 0 Å². The monoisotopic (exact) mass is 332 g/mol. The minimum absolute atomic E-state index is 0.301. The van der Waals surface area contributed by atoms with Crippen molar-refractivity contribution in [2.45, 2.75) is 50.7 Å². The van der Waals surface area contributed by atoms with Crippen LogP contribution in [0.15, 0.2) is 22.8 Å². The summed E-state index contributed by atoms with van der Waals surface area (Å²) < 4.78 is 12.0. The molecule has 0 aliphatic carbocycles. The second kappa shape index (κ2) is 6.78. The number of hydrogen-bond donors (Lipinski definition) is 1. The van der Waals surface area contributed by atoms with E-state index >= 15 is 0 Å². The van der Waals surface area contributed by atoms with Crippen molar-refractivity contribution in [3.05, 3.63) is 28.5 Å². The summed E-state index contributed by atoms with van der Waals surface area (Å²) in [5.74, 6) is 0.301. The number of nitrogens with zero attached hydrogens (tertiary/aromatic N) is 1. The summed E-state index contributed by atoms with van der Waals surface area (Å²) in [6, 6.07) is 5.93. The maximum atomic E-state index is 11.6. The largest absolute Gasteiger partial charge is 0.251 e. The molecule has 0 radical (unpaired) electrons. The van der Waals surface area contributed by atoms with Crippen LogP contribution in [0.5, 0.6) is 0 Å². The molecule has 0 aliphatic heterocycles. The third-order valence-electron chi connectivity index (χ3n) is 3.07. The van der Waals surface area contributed by atoms with E-state index in [9.17, 15) is 4.21 Å². The molecular formula is C13H21BrN2OS. The zero-order chi connectivity index (χ0) is 13.8. The lowest BCUT2D eigenvalue weighted by Crippen LogP contribution is -2.33. The summed E-state index contributed by atoms with van der Waals surface area (Å²) in [6.07, 6.45) is 2.89. The first kappa shape index (κ1) is 15.8. The number of hydrogen-bond acceptors (Lipinski definition) is 2. The van der Waals surface area contributed by atoms with Gasteiger partial charge in [0.05, 0.1) is 15.7 Å². The molecule has 0 fully saturated rings. The van der Waals surface area contributed by atoms with E-state index in [1.807, 2.05) is 32.0 Å². The van der Waals surface area contributed by atoms with Crippen molar-refractivity contribution in [2.75, 3.05) is 0 Å². The molecule has 0 amide bonds. The fourth-order valence-electron chi connectivity index (χ4n) is 2.03. The molecule has 102 valence electrons. The van der Waals surface area contributed by atoms with Gasteiger partial charge < -0.3 is 0 Å². The van der Waals surface area contributed by atoms with Crippen LogP contribution in [0.4, 0.5) is 0 Å². The van der Waals surface area contributed by atoms with E-state index in [0.717, 1.165) is 29.6 Å². The highest BCUT2D eigenvalue weighted by atomic mass is 79.9. The Hall–Kier alpha value is -0.260. The van der Waals surface area contributed by atoms with Crippen LogP contribution in [0, 0.1) is 0 Å². The molecule has 1 heterocycles. The predicted molar refractivity (Wildman–Crippen MR) is 80.6 cm³/mol. The molecule has 0 aromatic carbocycles. The first-order valence-corrected chi connectivity index (χ1v) is 8.16. The number of pyridine rings is 1. The van der Waals surface area contributed by atoms with Gasteiger partial charge in [-0.3, -0.25) is 5.14 Å². The average Bonchev–Trinajstić information content (AvgIpc) is 2.28. The molecule has 0 saturated carbocycles. The van der Waals surface area contributed by atoms with E-state index < -0.39 is 11.0 Å². The van der Waals surface area contributed by atoms with Gasteiger partial charge in [-0.05, 0) is 54.8 Å². The van der Waals surface area contributed by atoms with Crippen molar-refractivity contribution in [2.24, 2.45) is 5.14 Å². The molecule has 1 aromatic heterocycles. The molecule has 2 atom stereocenters. The van der Waals surface area contributed by atoms with Gasteiger partial charge in [0.15, 0.2) is 0 Å². The average molecular weight is 333 g/mol. The van der Waals surface area contributed by atoms with Gasteiger partial charge in [-0.25, -0.2) is 9.19 Å². The van der Waals surface area contributed by atoms with Crippen LogP contribution in [0.1, 0.15) is 51.6 Å². The van der Waals surface area contributed by atoms with E-state index in [4.69, 9.17) is 5.14 Å². The molecule has 0 saturated heterocycles. The first-order valence-electron chi connectivity index (χ1n) is 6.15. The van der Waals surface area contributed by atoms with Gasteiger partial charge in [0, 0.05) is 11.6 Å². The molecule has 5 heteroatoms. The zero-order valence-electron chi connectivity index (χ0n) is 11.1. The Morgan fingerprint density at radius 1 is 1.50 bits per heavy atom. The lowest BCUT2D eigenvalue weighted by molar-refractivity contribution is 0.481. The Kier molecular flexibility index (Phi) is 5.95. The van der Waals surface area contributed by atoms with Crippen LogP contribution in [-0.4, -0.2) is 13.9 Å². The normalized spacial score (nSPS) is 15.4. The fraction of sp³-hybridized carbons (Fsp3) is 0.615. The minimum Gasteiger partial charge on any atom is -0.251 e. The molecule has 1 rings (SSSR count). The quantitative estimate of drug-likeness (QED) is 0.810. The number of aromatic nitrogens is 1. The molecule has 1 unspecified atom stereocenters. The summed E-state index contributed by atoms with van der Waals surface area (Å²) in [5.41, 5.74) is 1.05. The highest BCUT2D eigenvalue weighted by molar-refractivity contribution is 9.10. The molecule has 2 N–H and O–H groups in total. The van der Waals surface area contributed by atoms with E-state index in [-0.39, 0.29) is 4.75 Å². The van der Waals surface area contributed by atoms with Crippen LogP contribution < -0.4 is 5.14 Å². The molecule has 0 aliphatic rings. The summed E-state index contributed by atoms with van der Waals surface area (Å²) in [7, 11) is -1.32. The van der Waals surface area contributed by atoms with Gasteiger partial charge in [-0.1, -0.05) is 19.4 Å². The third kappa shape index (κ3) is 4.44. The molecule has 0 spiro atoms. The second-order valence-corrected chi connectivity index (χ2v) is 7.64. The molecule has 1 aromatic rings. The fourth-order valence-corrected chi connectivity index (χ4v) is 2.75. The molecular weight excluding hydrogens is 312 g/mol. The van der Waals surface area contributed by atoms with E-state index in [0.29, 0.717) is 5.92 Å². The maximum absolute atomic E-state index is 11.6. The first-order chi connectivity index (χ1) is 8.36. The number of halogens is 1. The lowest BCUT2D eigenvalue weighted by atomic mass is 9.89. The number of nitrogens with two attached hydrogens (primary N) is 1. The zero-order valence-corrected chi connectivity index (χ0v) is 13.6. The highest BCUT2D eigenvalue weighted by Crippen LogP contribution is 2.31. The van der Waals surface area contributed by atoms with Crippen molar-refractivity contribution in [1.82, 2.24) is 4.98 Å². The summed E-state index contributed by atoms with van der Waals surface area (Å²) in [6.45, 7) is 6.05. The van der Waals surface area contributed by atoms with Crippen LogP contribution >= 0.6 is 15.9 Å². The van der Waals surface area contributed by atoms with Gasteiger partial charge in [0.1, 0.15) is 4.60 Å². The Morgan fingerprint density at radius 2 is 2.17 bits per heavy atom. The van der Waals surface area contributed by atoms with E-state index in [1.165, 1.54) is 0 Å².